The number of rotatable bonds is 5. The standard InChI is InChI=1S/C61H41N3/c1-61(2)54-35-43(28-31-48(54)49-32-29-44(36-55(49)61)56-37-62-59-51-17-8-6-14-46(51)47-15-7-9-18-52(47)60(59)63-56)41-26-22-39(23-27-41)38-20-24-40(25-21-38)42-30-33-58-53(34-42)50-16-10-11-19-57(50)64(58)45-12-4-3-5-13-45/h3-37H,1-2H3. The van der Waals surface area contributed by atoms with E-state index in [0.29, 0.717) is 0 Å². The highest BCUT2D eigenvalue weighted by Gasteiger charge is 2.36. The van der Waals surface area contributed by atoms with E-state index >= 15 is 0 Å². The van der Waals surface area contributed by atoms with Gasteiger partial charge in [-0.2, -0.15) is 0 Å². The Balaban J connectivity index is 0.781. The van der Waals surface area contributed by atoms with Crippen LogP contribution in [0.5, 0.6) is 0 Å². The fraction of sp³-hybridized carbons (Fsp3) is 0.0492. The molecular formula is C61H41N3. The van der Waals surface area contributed by atoms with Gasteiger partial charge in [0.15, 0.2) is 0 Å². The van der Waals surface area contributed by atoms with Gasteiger partial charge in [0, 0.05) is 38.2 Å². The first-order valence-corrected chi connectivity index (χ1v) is 22.1. The van der Waals surface area contributed by atoms with Crippen LogP contribution in [0, 0.1) is 0 Å². The monoisotopic (exact) mass is 815 g/mol. The summed E-state index contributed by atoms with van der Waals surface area (Å²) in [6.45, 7) is 4.70. The van der Waals surface area contributed by atoms with E-state index in [2.05, 4.69) is 225 Å². The molecule has 2 aromatic heterocycles. The van der Waals surface area contributed by atoms with Crippen molar-refractivity contribution in [1.82, 2.24) is 14.5 Å². The molecule has 2 heterocycles. The van der Waals surface area contributed by atoms with Crippen molar-refractivity contribution in [2.24, 2.45) is 0 Å². The Hall–Kier alpha value is -8.14. The summed E-state index contributed by atoms with van der Waals surface area (Å²) in [6, 6.07) is 75.2. The first kappa shape index (κ1) is 36.5. The minimum Gasteiger partial charge on any atom is -0.309 e. The van der Waals surface area contributed by atoms with Gasteiger partial charge in [0.1, 0.15) is 0 Å². The molecule has 0 N–H and O–H groups in total. The zero-order valence-electron chi connectivity index (χ0n) is 35.5. The van der Waals surface area contributed by atoms with E-state index in [9.17, 15) is 0 Å². The maximum Gasteiger partial charge on any atom is 0.0979 e. The van der Waals surface area contributed by atoms with Gasteiger partial charge in [-0.1, -0.05) is 178 Å². The summed E-state index contributed by atoms with van der Waals surface area (Å²) in [6.07, 6.45) is 1.95. The highest BCUT2D eigenvalue weighted by Crippen LogP contribution is 2.51. The number of fused-ring (bicyclic) bond motifs is 12. The second-order valence-electron chi connectivity index (χ2n) is 17.8. The van der Waals surface area contributed by atoms with Crippen LogP contribution in [0.25, 0.3) is 116 Å². The normalized spacial score (nSPS) is 13.0. The number of hydrogen-bond donors (Lipinski definition) is 0. The summed E-state index contributed by atoms with van der Waals surface area (Å²) < 4.78 is 2.37. The minimum absolute atomic E-state index is 0.185. The zero-order chi connectivity index (χ0) is 42.5. The molecule has 0 fully saturated rings. The van der Waals surface area contributed by atoms with Gasteiger partial charge in [0.05, 0.1) is 34.0 Å². The van der Waals surface area contributed by atoms with Crippen LogP contribution in [0.2, 0.25) is 0 Å². The number of aromatic nitrogens is 3. The van der Waals surface area contributed by atoms with Crippen molar-refractivity contribution < 1.29 is 0 Å². The third kappa shape index (κ3) is 5.54. The van der Waals surface area contributed by atoms with Crippen LogP contribution >= 0.6 is 0 Å². The van der Waals surface area contributed by atoms with Gasteiger partial charge in [0.2, 0.25) is 0 Å². The molecule has 300 valence electrons. The largest absolute Gasteiger partial charge is 0.309 e. The average molecular weight is 816 g/mol. The lowest BCUT2D eigenvalue weighted by atomic mass is 9.81. The first-order chi connectivity index (χ1) is 31.5. The molecule has 0 amide bonds. The lowest BCUT2D eigenvalue weighted by Gasteiger charge is -2.22. The molecule has 0 unspecified atom stereocenters. The molecule has 3 nitrogen and oxygen atoms in total. The SMILES string of the molecule is CC1(C)c2cc(-c3ccc(-c4ccc(-c5ccc6c(c5)c5ccccc5n6-c5ccccc5)cc4)cc3)ccc2-c2ccc(-c3cnc4c5ccccc5c5ccccc5c4n3)cc21. The molecule has 0 radical (unpaired) electrons. The van der Waals surface area contributed by atoms with Gasteiger partial charge >= 0.3 is 0 Å². The molecule has 64 heavy (non-hydrogen) atoms. The van der Waals surface area contributed by atoms with Crippen molar-refractivity contribution >= 4 is 54.4 Å². The minimum atomic E-state index is -0.185. The van der Waals surface area contributed by atoms with Crippen molar-refractivity contribution in [3.63, 3.8) is 0 Å². The van der Waals surface area contributed by atoms with Crippen LogP contribution in [0.3, 0.4) is 0 Å². The fourth-order valence-corrected chi connectivity index (χ4v) is 10.6. The Kier molecular flexibility index (Phi) is 7.95. The molecule has 0 bridgehead atoms. The van der Waals surface area contributed by atoms with Gasteiger partial charge in [-0.25, -0.2) is 4.98 Å². The molecule has 0 saturated carbocycles. The molecule has 12 aromatic rings. The van der Waals surface area contributed by atoms with E-state index in [1.54, 1.807) is 0 Å². The summed E-state index contributed by atoms with van der Waals surface area (Å²) in [5.41, 5.74) is 19.8. The Morgan fingerprint density at radius 1 is 0.359 bits per heavy atom. The van der Waals surface area contributed by atoms with Crippen LogP contribution in [-0.4, -0.2) is 14.5 Å². The van der Waals surface area contributed by atoms with Gasteiger partial charge < -0.3 is 4.57 Å². The summed E-state index contributed by atoms with van der Waals surface area (Å²) >= 11 is 0. The molecule has 1 aliphatic carbocycles. The van der Waals surface area contributed by atoms with E-state index in [-0.39, 0.29) is 5.41 Å². The molecule has 0 atom stereocenters. The Labute approximate surface area is 371 Å². The number of para-hydroxylation sites is 2. The van der Waals surface area contributed by atoms with Crippen LogP contribution in [0.15, 0.2) is 212 Å². The number of benzene rings is 10. The van der Waals surface area contributed by atoms with E-state index in [1.807, 2.05) is 6.20 Å². The molecule has 1 aliphatic rings. The Morgan fingerprint density at radius 3 is 1.45 bits per heavy atom. The molecule has 0 spiro atoms. The molecule has 10 aromatic carbocycles. The Morgan fingerprint density at radius 2 is 0.812 bits per heavy atom. The summed E-state index contributed by atoms with van der Waals surface area (Å²) in [4.78, 5) is 10.4. The van der Waals surface area contributed by atoms with Crippen LogP contribution < -0.4 is 0 Å². The third-order valence-electron chi connectivity index (χ3n) is 13.9. The maximum absolute atomic E-state index is 5.31. The maximum atomic E-state index is 5.31. The van der Waals surface area contributed by atoms with Crippen LogP contribution in [0.4, 0.5) is 0 Å². The second-order valence-corrected chi connectivity index (χ2v) is 17.8. The van der Waals surface area contributed by atoms with Crippen molar-refractivity contribution in [2.45, 2.75) is 19.3 Å². The van der Waals surface area contributed by atoms with Crippen molar-refractivity contribution in [1.29, 1.82) is 0 Å². The summed E-state index contributed by atoms with van der Waals surface area (Å²) in [5.74, 6) is 0. The van der Waals surface area contributed by atoms with Crippen LogP contribution in [0.1, 0.15) is 25.0 Å². The predicted molar refractivity (Wildman–Crippen MR) is 268 cm³/mol. The lowest BCUT2D eigenvalue weighted by molar-refractivity contribution is 0.661. The van der Waals surface area contributed by atoms with Gasteiger partial charge in [-0.15, -0.1) is 0 Å². The predicted octanol–water partition coefficient (Wildman–Crippen LogP) is 16.0. The van der Waals surface area contributed by atoms with E-state index in [0.717, 1.165) is 33.1 Å². The van der Waals surface area contributed by atoms with Crippen molar-refractivity contribution in [2.75, 3.05) is 0 Å². The summed E-state index contributed by atoms with van der Waals surface area (Å²) in [5, 5.41) is 7.21. The summed E-state index contributed by atoms with van der Waals surface area (Å²) in [7, 11) is 0. The molecule has 0 aliphatic heterocycles. The number of nitrogens with zero attached hydrogens (tertiary/aromatic N) is 3. The second kappa shape index (κ2) is 13.9. The van der Waals surface area contributed by atoms with Crippen molar-refractivity contribution in [3.05, 3.63) is 224 Å². The lowest BCUT2D eigenvalue weighted by Crippen LogP contribution is -2.15. The van der Waals surface area contributed by atoms with E-state index < -0.39 is 0 Å². The Bertz CT molecular complexity index is 3800. The van der Waals surface area contributed by atoms with Gasteiger partial charge in [-0.05, 0) is 109 Å². The number of hydrogen-bond acceptors (Lipinski definition) is 2. The quantitative estimate of drug-likeness (QED) is 0.162. The average Bonchev–Trinajstić information content (AvgIpc) is 3.81. The van der Waals surface area contributed by atoms with Gasteiger partial charge in [-0.3, -0.25) is 4.98 Å². The molecule has 0 saturated heterocycles. The molecule has 3 heteroatoms. The first-order valence-electron chi connectivity index (χ1n) is 22.1. The molecular weight excluding hydrogens is 775 g/mol. The van der Waals surface area contributed by atoms with Gasteiger partial charge in [0.25, 0.3) is 0 Å². The van der Waals surface area contributed by atoms with E-state index in [4.69, 9.17) is 9.97 Å². The molecule has 13 rings (SSSR count). The highest BCUT2D eigenvalue weighted by molar-refractivity contribution is 6.23. The third-order valence-corrected chi connectivity index (χ3v) is 13.9. The van der Waals surface area contributed by atoms with E-state index in [1.165, 1.54) is 93.9 Å². The zero-order valence-corrected chi connectivity index (χ0v) is 35.5. The topological polar surface area (TPSA) is 30.7 Å². The van der Waals surface area contributed by atoms with Crippen LogP contribution in [-0.2, 0) is 5.41 Å². The fourth-order valence-electron chi connectivity index (χ4n) is 10.6. The highest BCUT2D eigenvalue weighted by atomic mass is 15.0. The smallest absolute Gasteiger partial charge is 0.0979 e. The van der Waals surface area contributed by atoms with Crippen molar-refractivity contribution in [3.8, 4) is 61.5 Å².